The molecule has 5 heteroatoms. The highest BCUT2D eigenvalue weighted by atomic mass is 35.5. The molecule has 4 nitrogen and oxygen atoms in total. The molecule has 23 heavy (non-hydrogen) atoms. The van der Waals surface area contributed by atoms with Gasteiger partial charge in [-0.3, -0.25) is 4.79 Å². The predicted octanol–water partition coefficient (Wildman–Crippen LogP) is 4.61. The maximum atomic E-state index is 12.5. The first-order valence-corrected chi connectivity index (χ1v) is 7.80. The maximum Gasteiger partial charge on any atom is 0.272 e. The molecule has 118 valence electrons. The Balaban J connectivity index is 1.83. The number of rotatable bonds is 5. The second-order valence-corrected chi connectivity index (χ2v) is 5.60. The quantitative estimate of drug-likeness (QED) is 0.718. The minimum atomic E-state index is -0.193. The fourth-order valence-corrected chi connectivity index (χ4v) is 2.58. The van der Waals surface area contributed by atoms with E-state index in [1.165, 1.54) is 0 Å². The smallest absolute Gasteiger partial charge is 0.272 e. The third-order valence-corrected chi connectivity index (χ3v) is 3.79. The zero-order valence-corrected chi connectivity index (χ0v) is 13.5. The van der Waals surface area contributed by atoms with Gasteiger partial charge in [0.15, 0.2) is 0 Å². The van der Waals surface area contributed by atoms with E-state index in [-0.39, 0.29) is 5.91 Å². The van der Waals surface area contributed by atoms with Gasteiger partial charge in [0.05, 0.1) is 6.61 Å². The highest BCUT2D eigenvalue weighted by molar-refractivity contribution is 6.31. The Morgan fingerprint density at radius 3 is 2.87 bits per heavy atom. The van der Waals surface area contributed by atoms with E-state index in [0.29, 0.717) is 23.9 Å². The lowest BCUT2D eigenvalue weighted by molar-refractivity contribution is 0.102. The number of benzene rings is 2. The van der Waals surface area contributed by atoms with E-state index in [1.54, 1.807) is 12.1 Å². The fourth-order valence-electron chi connectivity index (χ4n) is 2.40. The van der Waals surface area contributed by atoms with Gasteiger partial charge >= 0.3 is 0 Å². The van der Waals surface area contributed by atoms with Gasteiger partial charge < -0.3 is 15.0 Å². The Bertz CT molecular complexity index is 842. The average molecular weight is 329 g/mol. The Labute approximate surface area is 139 Å². The summed E-state index contributed by atoms with van der Waals surface area (Å²) >= 11 is 5.98. The normalized spacial score (nSPS) is 10.9. The molecule has 0 aliphatic rings. The lowest BCUT2D eigenvalue weighted by Crippen LogP contribution is -2.14. The van der Waals surface area contributed by atoms with Crippen LogP contribution in [0.3, 0.4) is 0 Å². The number of anilines is 1. The molecule has 2 N–H and O–H groups in total. The second-order valence-electron chi connectivity index (χ2n) is 5.16. The molecule has 0 atom stereocenters. The Kier molecular flexibility index (Phi) is 4.65. The monoisotopic (exact) mass is 328 g/mol. The van der Waals surface area contributed by atoms with Crippen molar-refractivity contribution < 1.29 is 9.53 Å². The molecule has 1 heterocycles. The largest absolute Gasteiger partial charge is 0.377 e. The second kappa shape index (κ2) is 6.86. The Morgan fingerprint density at radius 1 is 1.22 bits per heavy atom. The summed E-state index contributed by atoms with van der Waals surface area (Å²) in [5, 5.41) is 4.48. The van der Waals surface area contributed by atoms with Crippen molar-refractivity contribution in [1.29, 1.82) is 0 Å². The van der Waals surface area contributed by atoms with E-state index in [4.69, 9.17) is 16.3 Å². The van der Waals surface area contributed by atoms with Crippen molar-refractivity contribution in [3.63, 3.8) is 0 Å². The van der Waals surface area contributed by atoms with E-state index in [2.05, 4.69) is 10.3 Å². The van der Waals surface area contributed by atoms with Gasteiger partial charge in [-0.25, -0.2) is 0 Å². The molecule has 3 aromatic rings. The lowest BCUT2D eigenvalue weighted by atomic mass is 10.2. The van der Waals surface area contributed by atoms with Crippen LogP contribution in [0.2, 0.25) is 5.02 Å². The summed E-state index contributed by atoms with van der Waals surface area (Å²) in [5.74, 6) is -0.193. The van der Waals surface area contributed by atoms with Crippen molar-refractivity contribution >= 4 is 34.1 Å². The number of carbonyl (C=O) groups excluding carboxylic acids is 1. The van der Waals surface area contributed by atoms with Gasteiger partial charge in [0.25, 0.3) is 5.91 Å². The van der Waals surface area contributed by atoms with Crippen LogP contribution in [0.1, 0.15) is 23.0 Å². The van der Waals surface area contributed by atoms with Crippen LogP contribution in [-0.4, -0.2) is 17.5 Å². The van der Waals surface area contributed by atoms with Crippen LogP contribution in [0.15, 0.2) is 48.5 Å². The Morgan fingerprint density at radius 2 is 2.04 bits per heavy atom. The van der Waals surface area contributed by atoms with Gasteiger partial charge in [0, 0.05) is 33.8 Å². The highest BCUT2D eigenvalue weighted by Gasteiger charge is 2.12. The molecular formula is C18H17ClN2O2. The minimum Gasteiger partial charge on any atom is -0.377 e. The first-order valence-electron chi connectivity index (χ1n) is 7.42. The summed E-state index contributed by atoms with van der Waals surface area (Å²) in [7, 11) is 0. The molecule has 0 unspecified atom stereocenters. The van der Waals surface area contributed by atoms with Gasteiger partial charge in [0.1, 0.15) is 5.69 Å². The van der Waals surface area contributed by atoms with E-state index in [0.717, 1.165) is 22.2 Å². The number of halogens is 1. The maximum absolute atomic E-state index is 12.5. The molecule has 1 amide bonds. The number of ether oxygens (including phenoxy) is 1. The van der Waals surface area contributed by atoms with Crippen LogP contribution in [0.5, 0.6) is 0 Å². The summed E-state index contributed by atoms with van der Waals surface area (Å²) in [4.78, 5) is 15.6. The number of aromatic nitrogens is 1. The van der Waals surface area contributed by atoms with Crippen molar-refractivity contribution in [2.45, 2.75) is 13.5 Å². The number of hydrogen-bond donors (Lipinski definition) is 2. The number of H-pyrrole nitrogens is 1. The topological polar surface area (TPSA) is 54.1 Å². The molecule has 0 radical (unpaired) electrons. The minimum absolute atomic E-state index is 0.193. The molecule has 3 rings (SSSR count). The SMILES string of the molecule is CCOCc1ccccc1NC(=O)c1cc2cc(Cl)ccc2[nH]1. The summed E-state index contributed by atoms with van der Waals surface area (Å²) in [6, 6.07) is 14.9. The van der Waals surface area contributed by atoms with Crippen LogP contribution >= 0.6 is 11.6 Å². The van der Waals surface area contributed by atoms with Gasteiger partial charge in [-0.15, -0.1) is 0 Å². The van der Waals surface area contributed by atoms with E-state index in [9.17, 15) is 4.79 Å². The van der Waals surface area contributed by atoms with Crippen LogP contribution < -0.4 is 5.32 Å². The molecule has 0 bridgehead atoms. The van der Waals surface area contributed by atoms with E-state index < -0.39 is 0 Å². The van der Waals surface area contributed by atoms with Crippen molar-refractivity contribution in [3.05, 3.63) is 64.8 Å². The van der Waals surface area contributed by atoms with Crippen molar-refractivity contribution in [1.82, 2.24) is 4.98 Å². The number of para-hydroxylation sites is 1. The molecule has 0 saturated heterocycles. The third-order valence-electron chi connectivity index (χ3n) is 3.55. The third kappa shape index (κ3) is 3.55. The lowest BCUT2D eigenvalue weighted by Gasteiger charge is -2.10. The fraction of sp³-hybridized carbons (Fsp3) is 0.167. The number of amides is 1. The number of carbonyl (C=O) groups is 1. The van der Waals surface area contributed by atoms with Crippen molar-refractivity contribution in [2.24, 2.45) is 0 Å². The van der Waals surface area contributed by atoms with Gasteiger partial charge in [-0.1, -0.05) is 29.8 Å². The van der Waals surface area contributed by atoms with Gasteiger partial charge in [-0.2, -0.15) is 0 Å². The summed E-state index contributed by atoms with van der Waals surface area (Å²) in [6.07, 6.45) is 0. The number of fused-ring (bicyclic) bond motifs is 1. The molecule has 0 fully saturated rings. The first-order chi connectivity index (χ1) is 11.2. The first kappa shape index (κ1) is 15.6. The number of nitrogens with one attached hydrogen (secondary N) is 2. The van der Waals surface area contributed by atoms with E-state index >= 15 is 0 Å². The van der Waals surface area contributed by atoms with E-state index in [1.807, 2.05) is 43.3 Å². The van der Waals surface area contributed by atoms with Gasteiger partial charge in [-0.05, 0) is 37.3 Å². The summed E-state index contributed by atoms with van der Waals surface area (Å²) in [6.45, 7) is 3.04. The standard InChI is InChI=1S/C18H17ClN2O2/c1-2-23-11-12-5-3-4-6-15(12)21-18(22)17-10-13-9-14(19)7-8-16(13)20-17/h3-10,20H,2,11H2,1H3,(H,21,22). The predicted molar refractivity (Wildman–Crippen MR) is 93.0 cm³/mol. The van der Waals surface area contributed by atoms with Crippen LogP contribution in [0, 0.1) is 0 Å². The summed E-state index contributed by atoms with van der Waals surface area (Å²) in [5.41, 5.74) is 3.07. The van der Waals surface area contributed by atoms with Crippen molar-refractivity contribution in [3.8, 4) is 0 Å². The molecule has 0 spiro atoms. The molecule has 0 aliphatic heterocycles. The highest BCUT2D eigenvalue weighted by Crippen LogP contribution is 2.22. The average Bonchev–Trinajstić information content (AvgIpc) is 2.97. The van der Waals surface area contributed by atoms with Crippen LogP contribution in [0.4, 0.5) is 5.69 Å². The van der Waals surface area contributed by atoms with Crippen LogP contribution in [0.25, 0.3) is 10.9 Å². The Hall–Kier alpha value is -2.30. The number of aromatic amines is 1. The molecule has 1 aromatic heterocycles. The van der Waals surface area contributed by atoms with Crippen molar-refractivity contribution in [2.75, 3.05) is 11.9 Å². The summed E-state index contributed by atoms with van der Waals surface area (Å²) < 4.78 is 5.43. The molecule has 2 aromatic carbocycles. The number of hydrogen-bond acceptors (Lipinski definition) is 2. The van der Waals surface area contributed by atoms with Crippen LogP contribution in [-0.2, 0) is 11.3 Å². The molecule has 0 aliphatic carbocycles. The van der Waals surface area contributed by atoms with Gasteiger partial charge in [0.2, 0.25) is 0 Å². The molecular weight excluding hydrogens is 312 g/mol. The molecule has 0 saturated carbocycles. The zero-order chi connectivity index (χ0) is 16.2. The zero-order valence-electron chi connectivity index (χ0n) is 12.7.